The maximum absolute atomic E-state index is 12.2. The number of Topliss-reactive ketones (excluding diaryl/α,β-unsaturated/α-hetero) is 2. The van der Waals surface area contributed by atoms with Crippen molar-refractivity contribution >= 4 is 43.4 Å². The number of benzene rings is 4. The lowest BCUT2D eigenvalue weighted by molar-refractivity contribution is -0.116. The van der Waals surface area contributed by atoms with Crippen molar-refractivity contribution in [1.82, 2.24) is 9.78 Å². The van der Waals surface area contributed by atoms with E-state index in [0.717, 1.165) is 54.1 Å². The predicted molar refractivity (Wildman–Crippen MR) is 186 cm³/mol. The van der Waals surface area contributed by atoms with Crippen LogP contribution in [0.2, 0.25) is 0 Å². The summed E-state index contributed by atoms with van der Waals surface area (Å²) in [7, 11) is 1.97. The van der Waals surface area contributed by atoms with Crippen molar-refractivity contribution in [3.8, 4) is 22.8 Å². The van der Waals surface area contributed by atoms with Crippen LogP contribution >= 0.6 is 31.9 Å². The zero-order valence-corrected chi connectivity index (χ0v) is 29.2. The summed E-state index contributed by atoms with van der Waals surface area (Å²) in [4.78, 5) is 23.3. The third-order valence-electron chi connectivity index (χ3n) is 6.95. The second-order valence-electron chi connectivity index (χ2n) is 10.9. The SMILES string of the molecule is CC(=O)CC(=O)c1ccc(Br)cc1COc1ccc(C)cc1.Cc1ccc(OCc2cc(Br)ccc2-c2cc(C)nn2C)cc1. The normalized spacial score (nSPS) is 10.6. The number of ether oxygens (including phenoxy) is 2. The molecule has 1 aromatic heterocycles. The Balaban J connectivity index is 0.000000205. The fraction of sp³-hybridized carbons (Fsp3) is 0.216. The number of halogens is 2. The standard InChI is InChI=1S/C19H19BrN2O.C18H17BrO3/c1-13-4-7-17(8-5-13)23-12-15-11-16(20)6-9-18(15)19-10-14(2)21-22(19)3;1-12-3-6-16(7-4-12)22-11-14-10-15(19)5-8-17(14)18(21)9-13(2)20/h4-11H,12H2,1-3H3;3-8,10H,9,11H2,1-2H3. The van der Waals surface area contributed by atoms with Crippen LogP contribution in [-0.2, 0) is 25.1 Å². The highest BCUT2D eigenvalue weighted by molar-refractivity contribution is 9.10. The summed E-state index contributed by atoms with van der Waals surface area (Å²) in [5, 5.41) is 4.44. The molecule has 232 valence electrons. The van der Waals surface area contributed by atoms with Gasteiger partial charge in [0.25, 0.3) is 0 Å². The summed E-state index contributed by atoms with van der Waals surface area (Å²) in [5.41, 5.74) is 8.06. The number of carbonyl (C=O) groups is 2. The minimum atomic E-state index is -0.178. The predicted octanol–water partition coefficient (Wildman–Crippen LogP) is 9.54. The number of nitrogens with zero attached hydrogens (tertiary/aromatic N) is 2. The van der Waals surface area contributed by atoms with Gasteiger partial charge in [-0.15, -0.1) is 0 Å². The van der Waals surface area contributed by atoms with Gasteiger partial charge in [-0.2, -0.15) is 5.10 Å². The molecule has 0 spiro atoms. The molecular formula is C37H36Br2N2O4. The smallest absolute Gasteiger partial charge is 0.170 e. The number of hydrogen-bond acceptors (Lipinski definition) is 5. The highest BCUT2D eigenvalue weighted by Gasteiger charge is 2.15. The molecule has 0 saturated carbocycles. The molecule has 0 saturated heterocycles. The number of hydrogen-bond donors (Lipinski definition) is 0. The molecular weight excluding hydrogens is 696 g/mol. The number of carbonyl (C=O) groups excluding carboxylic acids is 2. The topological polar surface area (TPSA) is 70.4 Å². The highest BCUT2D eigenvalue weighted by Crippen LogP contribution is 2.28. The van der Waals surface area contributed by atoms with E-state index in [-0.39, 0.29) is 24.6 Å². The largest absolute Gasteiger partial charge is 0.489 e. The van der Waals surface area contributed by atoms with Gasteiger partial charge in [-0.1, -0.05) is 73.3 Å². The molecule has 1 heterocycles. The van der Waals surface area contributed by atoms with Gasteiger partial charge in [0.2, 0.25) is 0 Å². The van der Waals surface area contributed by atoms with Crippen molar-refractivity contribution in [2.75, 3.05) is 0 Å². The van der Waals surface area contributed by atoms with E-state index < -0.39 is 0 Å². The first kappa shape index (κ1) is 33.9. The van der Waals surface area contributed by atoms with Crippen molar-refractivity contribution in [3.63, 3.8) is 0 Å². The van der Waals surface area contributed by atoms with Gasteiger partial charge in [-0.05, 0) is 93.9 Å². The molecule has 45 heavy (non-hydrogen) atoms. The Hall–Kier alpha value is -4.01. The van der Waals surface area contributed by atoms with Crippen LogP contribution in [0.4, 0.5) is 0 Å². The maximum atomic E-state index is 12.2. The Kier molecular flexibility index (Phi) is 11.9. The van der Waals surface area contributed by atoms with Crippen molar-refractivity contribution < 1.29 is 19.1 Å². The van der Waals surface area contributed by atoms with Gasteiger partial charge in [-0.3, -0.25) is 14.3 Å². The van der Waals surface area contributed by atoms with Crippen molar-refractivity contribution in [3.05, 3.63) is 133 Å². The van der Waals surface area contributed by atoms with Crippen molar-refractivity contribution in [2.24, 2.45) is 7.05 Å². The van der Waals surface area contributed by atoms with E-state index >= 15 is 0 Å². The molecule has 0 aliphatic heterocycles. The molecule has 0 amide bonds. The van der Waals surface area contributed by atoms with E-state index in [9.17, 15) is 9.59 Å². The van der Waals surface area contributed by atoms with E-state index in [1.54, 1.807) is 12.1 Å². The number of aromatic nitrogens is 2. The Morgan fingerprint density at radius 1 is 0.711 bits per heavy atom. The van der Waals surface area contributed by atoms with Crippen molar-refractivity contribution in [2.45, 2.75) is 47.3 Å². The van der Waals surface area contributed by atoms with Crippen molar-refractivity contribution in [1.29, 1.82) is 0 Å². The molecule has 5 rings (SSSR count). The summed E-state index contributed by atoms with van der Waals surface area (Å²) in [6.07, 6.45) is -0.0842. The minimum Gasteiger partial charge on any atom is -0.489 e. The summed E-state index contributed by atoms with van der Waals surface area (Å²) in [5.74, 6) is 1.30. The molecule has 0 bridgehead atoms. The molecule has 0 radical (unpaired) electrons. The lowest BCUT2D eigenvalue weighted by Gasteiger charge is -2.12. The molecule has 0 atom stereocenters. The lowest BCUT2D eigenvalue weighted by atomic mass is 10.0. The van der Waals surface area contributed by atoms with E-state index in [2.05, 4.69) is 74.2 Å². The van der Waals surface area contributed by atoms with Crippen LogP contribution in [0.3, 0.4) is 0 Å². The maximum Gasteiger partial charge on any atom is 0.170 e. The summed E-state index contributed by atoms with van der Waals surface area (Å²) in [6.45, 7) is 8.30. The second-order valence-corrected chi connectivity index (χ2v) is 12.7. The Morgan fingerprint density at radius 2 is 1.22 bits per heavy atom. The second kappa shape index (κ2) is 15.8. The molecule has 8 heteroatoms. The van der Waals surface area contributed by atoms with Crippen LogP contribution in [0.1, 0.15) is 51.7 Å². The van der Waals surface area contributed by atoms with Gasteiger partial charge in [0, 0.05) is 32.7 Å². The quantitative estimate of drug-likeness (QED) is 0.106. The number of ketones is 2. The summed E-state index contributed by atoms with van der Waals surface area (Å²) >= 11 is 6.95. The molecule has 4 aromatic carbocycles. The molecule has 6 nitrogen and oxygen atoms in total. The van der Waals surface area contributed by atoms with E-state index in [1.807, 2.05) is 74.1 Å². The average molecular weight is 733 g/mol. The van der Waals surface area contributed by atoms with Gasteiger partial charge in [0.05, 0.1) is 17.8 Å². The highest BCUT2D eigenvalue weighted by atomic mass is 79.9. The fourth-order valence-corrected chi connectivity index (χ4v) is 5.48. The number of rotatable bonds is 10. The molecule has 0 fully saturated rings. The molecule has 5 aromatic rings. The van der Waals surface area contributed by atoms with Crippen LogP contribution in [-0.4, -0.2) is 21.3 Å². The monoisotopic (exact) mass is 730 g/mol. The zero-order chi connectivity index (χ0) is 32.5. The van der Waals surface area contributed by atoms with Crippen LogP contribution in [0.15, 0.2) is 99.9 Å². The van der Waals surface area contributed by atoms with Crippen LogP contribution < -0.4 is 9.47 Å². The average Bonchev–Trinajstić information content (AvgIpc) is 3.33. The van der Waals surface area contributed by atoms with Gasteiger partial charge >= 0.3 is 0 Å². The van der Waals surface area contributed by atoms with Gasteiger partial charge in [-0.25, -0.2) is 0 Å². The Labute approximate surface area is 281 Å². The molecule has 0 aliphatic carbocycles. The third-order valence-corrected chi connectivity index (χ3v) is 7.94. The van der Waals surface area contributed by atoms with Crippen LogP contribution in [0, 0.1) is 20.8 Å². The van der Waals surface area contributed by atoms with Gasteiger partial charge in [0.1, 0.15) is 30.5 Å². The number of aryl methyl sites for hydroxylation is 4. The van der Waals surface area contributed by atoms with Gasteiger partial charge < -0.3 is 9.47 Å². The first-order chi connectivity index (χ1) is 21.5. The third kappa shape index (κ3) is 9.99. The Morgan fingerprint density at radius 3 is 1.73 bits per heavy atom. The Bertz CT molecular complexity index is 1780. The van der Waals surface area contributed by atoms with Gasteiger partial charge in [0.15, 0.2) is 5.78 Å². The molecule has 0 aliphatic rings. The summed E-state index contributed by atoms with van der Waals surface area (Å²) in [6, 6.07) is 29.6. The first-order valence-corrected chi connectivity index (χ1v) is 16.1. The van der Waals surface area contributed by atoms with E-state index in [4.69, 9.17) is 9.47 Å². The van der Waals surface area contributed by atoms with Crippen LogP contribution in [0.5, 0.6) is 11.5 Å². The summed E-state index contributed by atoms with van der Waals surface area (Å²) < 4.78 is 15.5. The lowest BCUT2D eigenvalue weighted by Crippen LogP contribution is -2.09. The van der Waals surface area contributed by atoms with E-state index in [0.29, 0.717) is 12.2 Å². The van der Waals surface area contributed by atoms with E-state index in [1.165, 1.54) is 12.5 Å². The van der Waals surface area contributed by atoms with Crippen LogP contribution in [0.25, 0.3) is 11.3 Å². The fourth-order valence-electron chi connectivity index (χ4n) is 4.66. The minimum absolute atomic E-state index is 0.0842. The molecule has 0 unspecified atom stereocenters. The first-order valence-electron chi connectivity index (χ1n) is 14.5. The molecule has 0 N–H and O–H groups in total. The zero-order valence-electron chi connectivity index (χ0n) is 26.1.